The average Bonchev–Trinajstić information content (AvgIpc) is 2.86. The number of hydrogen-bond acceptors (Lipinski definition) is 5. The summed E-state index contributed by atoms with van der Waals surface area (Å²) in [5.41, 5.74) is 7.18. The zero-order valence-electron chi connectivity index (χ0n) is 11.0. The summed E-state index contributed by atoms with van der Waals surface area (Å²) < 4.78 is 7.41. The number of nitrogens with zero attached hydrogens (tertiary/aromatic N) is 3. The standard InChI is InChI=1S/C13H17ClN4O2/c14-10-2-4-11(5-3-10)20-9-13-12(8-15)16-17-18(13)6-1-7-19/h2-5,19H,1,6-9,15H2. The second-order valence-corrected chi connectivity index (χ2v) is 4.67. The van der Waals surface area contributed by atoms with Crippen LogP contribution in [0.25, 0.3) is 0 Å². The van der Waals surface area contributed by atoms with E-state index < -0.39 is 0 Å². The highest BCUT2D eigenvalue weighted by molar-refractivity contribution is 6.30. The quantitative estimate of drug-likeness (QED) is 0.805. The highest BCUT2D eigenvalue weighted by atomic mass is 35.5. The maximum Gasteiger partial charge on any atom is 0.132 e. The van der Waals surface area contributed by atoms with Crippen LogP contribution in [-0.4, -0.2) is 26.7 Å². The van der Waals surface area contributed by atoms with E-state index >= 15 is 0 Å². The predicted octanol–water partition coefficient (Wildman–Crippen LogP) is 1.35. The average molecular weight is 297 g/mol. The van der Waals surface area contributed by atoms with E-state index in [0.29, 0.717) is 42.6 Å². The van der Waals surface area contributed by atoms with Crippen molar-refractivity contribution in [2.45, 2.75) is 26.1 Å². The van der Waals surface area contributed by atoms with Gasteiger partial charge in [0.25, 0.3) is 0 Å². The normalized spacial score (nSPS) is 10.8. The van der Waals surface area contributed by atoms with E-state index in [1.54, 1.807) is 28.9 Å². The van der Waals surface area contributed by atoms with Crippen LogP contribution < -0.4 is 10.5 Å². The number of halogens is 1. The third-order valence-electron chi connectivity index (χ3n) is 2.83. The molecule has 0 aliphatic carbocycles. The molecule has 0 spiro atoms. The first-order chi connectivity index (χ1) is 9.74. The van der Waals surface area contributed by atoms with Gasteiger partial charge in [-0.15, -0.1) is 5.10 Å². The van der Waals surface area contributed by atoms with Crippen molar-refractivity contribution in [3.05, 3.63) is 40.7 Å². The van der Waals surface area contributed by atoms with Crippen LogP contribution in [0, 0.1) is 0 Å². The van der Waals surface area contributed by atoms with E-state index in [-0.39, 0.29) is 6.61 Å². The highest BCUT2D eigenvalue weighted by Crippen LogP contribution is 2.17. The van der Waals surface area contributed by atoms with Gasteiger partial charge in [-0.2, -0.15) is 0 Å². The SMILES string of the molecule is NCc1nnn(CCCO)c1COc1ccc(Cl)cc1. The van der Waals surface area contributed by atoms with Gasteiger partial charge >= 0.3 is 0 Å². The Morgan fingerprint density at radius 2 is 2.05 bits per heavy atom. The van der Waals surface area contributed by atoms with Crippen molar-refractivity contribution < 1.29 is 9.84 Å². The molecular weight excluding hydrogens is 280 g/mol. The Hall–Kier alpha value is -1.63. The van der Waals surface area contributed by atoms with Gasteiger partial charge in [-0.1, -0.05) is 16.8 Å². The molecule has 2 rings (SSSR count). The Bertz CT molecular complexity index is 542. The van der Waals surface area contributed by atoms with Crippen molar-refractivity contribution in [3.8, 4) is 5.75 Å². The lowest BCUT2D eigenvalue weighted by Crippen LogP contribution is -2.11. The third kappa shape index (κ3) is 3.69. The molecule has 0 saturated heterocycles. The maximum atomic E-state index is 8.89. The van der Waals surface area contributed by atoms with E-state index in [9.17, 15) is 0 Å². The molecular formula is C13H17ClN4O2. The smallest absolute Gasteiger partial charge is 0.132 e. The van der Waals surface area contributed by atoms with Gasteiger partial charge in [0.05, 0.1) is 0 Å². The number of benzene rings is 1. The first-order valence-corrected chi connectivity index (χ1v) is 6.73. The van der Waals surface area contributed by atoms with Gasteiger partial charge in [0.2, 0.25) is 0 Å². The van der Waals surface area contributed by atoms with Crippen LogP contribution >= 0.6 is 11.6 Å². The number of ether oxygens (including phenoxy) is 1. The van der Waals surface area contributed by atoms with E-state index in [1.807, 2.05) is 0 Å². The lowest BCUT2D eigenvalue weighted by Gasteiger charge is -2.09. The topological polar surface area (TPSA) is 86.2 Å². The lowest BCUT2D eigenvalue weighted by atomic mass is 10.3. The number of aliphatic hydroxyl groups is 1. The molecule has 3 N–H and O–H groups in total. The first kappa shape index (κ1) is 14.8. The van der Waals surface area contributed by atoms with E-state index in [1.165, 1.54) is 0 Å². The summed E-state index contributed by atoms with van der Waals surface area (Å²) in [5, 5.41) is 17.6. The van der Waals surface area contributed by atoms with E-state index in [2.05, 4.69) is 10.3 Å². The molecule has 1 aromatic carbocycles. The molecule has 0 atom stereocenters. The van der Waals surface area contributed by atoms with Crippen LogP contribution in [0.3, 0.4) is 0 Å². The molecule has 7 heteroatoms. The van der Waals surface area contributed by atoms with Crippen LogP contribution in [-0.2, 0) is 19.7 Å². The van der Waals surface area contributed by atoms with Gasteiger partial charge < -0.3 is 15.6 Å². The van der Waals surface area contributed by atoms with Crippen molar-refractivity contribution >= 4 is 11.6 Å². The minimum atomic E-state index is 0.106. The van der Waals surface area contributed by atoms with Crippen molar-refractivity contribution in [2.24, 2.45) is 5.73 Å². The van der Waals surface area contributed by atoms with Crippen LogP contribution in [0.15, 0.2) is 24.3 Å². The Kier molecular flexibility index (Phi) is 5.34. The largest absolute Gasteiger partial charge is 0.487 e. The number of aryl methyl sites for hydroxylation is 1. The van der Waals surface area contributed by atoms with Gasteiger partial charge in [0, 0.05) is 24.7 Å². The number of aliphatic hydroxyl groups excluding tert-OH is 1. The fourth-order valence-electron chi connectivity index (χ4n) is 1.77. The molecule has 0 bridgehead atoms. The molecule has 1 aromatic heterocycles. The summed E-state index contributed by atoms with van der Waals surface area (Å²) in [6.45, 7) is 1.32. The summed E-state index contributed by atoms with van der Waals surface area (Å²) in [4.78, 5) is 0. The number of aromatic nitrogens is 3. The van der Waals surface area contributed by atoms with Crippen LogP contribution in [0.4, 0.5) is 0 Å². The number of rotatable bonds is 7. The minimum absolute atomic E-state index is 0.106. The van der Waals surface area contributed by atoms with Crippen molar-refractivity contribution in [1.29, 1.82) is 0 Å². The molecule has 0 aliphatic heterocycles. The van der Waals surface area contributed by atoms with Crippen molar-refractivity contribution in [1.82, 2.24) is 15.0 Å². The summed E-state index contributed by atoms with van der Waals surface area (Å²) in [6, 6.07) is 7.13. The Morgan fingerprint density at radius 3 is 2.70 bits per heavy atom. The molecule has 20 heavy (non-hydrogen) atoms. The van der Waals surface area contributed by atoms with Gasteiger partial charge in [0.1, 0.15) is 23.7 Å². The number of nitrogens with two attached hydrogens (primary N) is 1. The molecule has 1 heterocycles. The van der Waals surface area contributed by atoms with Gasteiger partial charge in [-0.05, 0) is 30.7 Å². The third-order valence-corrected chi connectivity index (χ3v) is 3.08. The Labute approximate surface area is 122 Å². The van der Waals surface area contributed by atoms with E-state index in [4.69, 9.17) is 27.2 Å². The van der Waals surface area contributed by atoms with Gasteiger partial charge in [-0.3, -0.25) is 0 Å². The summed E-state index contributed by atoms with van der Waals surface area (Å²) in [7, 11) is 0. The fourth-order valence-corrected chi connectivity index (χ4v) is 1.89. The van der Waals surface area contributed by atoms with E-state index in [0.717, 1.165) is 5.69 Å². The van der Waals surface area contributed by atoms with Crippen molar-refractivity contribution in [2.75, 3.05) is 6.61 Å². The molecule has 108 valence electrons. The molecule has 0 unspecified atom stereocenters. The zero-order valence-corrected chi connectivity index (χ0v) is 11.8. The van der Waals surface area contributed by atoms with Gasteiger partial charge in [0.15, 0.2) is 0 Å². The highest BCUT2D eigenvalue weighted by Gasteiger charge is 2.12. The predicted molar refractivity (Wildman–Crippen MR) is 75.4 cm³/mol. The maximum absolute atomic E-state index is 8.89. The van der Waals surface area contributed by atoms with Crippen LogP contribution in [0.2, 0.25) is 5.02 Å². The first-order valence-electron chi connectivity index (χ1n) is 6.35. The van der Waals surface area contributed by atoms with Crippen molar-refractivity contribution in [3.63, 3.8) is 0 Å². The summed E-state index contributed by atoms with van der Waals surface area (Å²) in [6.07, 6.45) is 0.612. The Morgan fingerprint density at radius 1 is 1.30 bits per heavy atom. The molecule has 0 amide bonds. The molecule has 0 saturated carbocycles. The monoisotopic (exact) mass is 296 g/mol. The summed E-state index contributed by atoms with van der Waals surface area (Å²) in [5.74, 6) is 0.715. The number of hydrogen-bond donors (Lipinski definition) is 2. The molecule has 0 fully saturated rings. The summed E-state index contributed by atoms with van der Waals surface area (Å²) >= 11 is 5.82. The molecule has 0 radical (unpaired) electrons. The second kappa shape index (κ2) is 7.23. The zero-order chi connectivity index (χ0) is 14.4. The molecule has 6 nitrogen and oxygen atoms in total. The van der Waals surface area contributed by atoms with Crippen LogP contribution in [0.1, 0.15) is 17.8 Å². The molecule has 2 aromatic rings. The van der Waals surface area contributed by atoms with Gasteiger partial charge in [-0.25, -0.2) is 4.68 Å². The second-order valence-electron chi connectivity index (χ2n) is 4.23. The lowest BCUT2D eigenvalue weighted by molar-refractivity contribution is 0.265. The Balaban J connectivity index is 2.06. The fraction of sp³-hybridized carbons (Fsp3) is 0.385. The van der Waals surface area contributed by atoms with Crippen LogP contribution in [0.5, 0.6) is 5.75 Å². The minimum Gasteiger partial charge on any atom is -0.487 e. The molecule has 0 aliphatic rings.